The first-order valence-corrected chi connectivity index (χ1v) is 8.34. The Balaban J connectivity index is 1.80. The zero-order valence-corrected chi connectivity index (χ0v) is 13.8. The van der Waals surface area contributed by atoms with Crippen LogP contribution in [0.25, 0.3) is 11.3 Å². The summed E-state index contributed by atoms with van der Waals surface area (Å²) >= 11 is 0. The third-order valence-corrected chi connectivity index (χ3v) is 4.40. The van der Waals surface area contributed by atoms with Crippen molar-refractivity contribution in [2.45, 2.75) is 13.3 Å². The van der Waals surface area contributed by atoms with Crippen molar-refractivity contribution >= 4 is 5.91 Å². The van der Waals surface area contributed by atoms with Gasteiger partial charge < -0.3 is 14.6 Å². The van der Waals surface area contributed by atoms with Crippen LogP contribution >= 0.6 is 0 Å². The summed E-state index contributed by atoms with van der Waals surface area (Å²) in [5.41, 5.74) is 1.48. The second-order valence-corrected chi connectivity index (χ2v) is 6.05. The lowest BCUT2D eigenvalue weighted by Gasteiger charge is -2.23. The largest absolute Gasteiger partial charge is 0.381 e. The summed E-state index contributed by atoms with van der Waals surface area (Å²) in [5, 5.41) is 0. The fourth-order valence-corrected chi connectivity index (χ4v) is 2.99. The SMILES string of the molecule is CCN(C[C@H]1CCOC1)C(=O)c1ccc(-c2ccccc2)[nH]c1=O. The van der Waals surface area contributed by atoms with Crippen LogP contribution in [0.2, 0.25) is 0 Å². The zero-order chi connectivity index (χ0) is 16.9. The number of hydrogen-bond acceptors (Lipinski definition) is 3. The summed E-state index contributed by atoms with van der Waals surface area (Å²) in [6.45, 7) is 4.58. The van der Waals surface area contributed by atoms with E-state index in [0.29, 0.717) is 31.3 Å². The summed E-state index contributed by atoms with van der Waals surface area (Å²) in [5.74, 6) is 0.141. The molecular weight excluding hydrogens is 304 g/mol. The molecule has 1 aliphatic rings. The quantitative estimate of drug-likeness (QED) is 0.918. The van der Waals surface area contributed by atoms with Crippen molar-refractivity contribution in [2.75, 3.05) is 26.3 Å². The number of H-pyrrole nitrogens is 1. The van der Waals surface area contributed by atoms with E-state index >= 15 is 0 Å². The van der Waals surface area contributed by atoms with Gasteiger partial charge in [-0.2, -0.15) is 0 Å². The van der Waals surface area contributed by atoms with Gasteiger partial charge in [0, 0.05) is 31.3 Å². The second-order valence-electron chi connectivity index (χ2n) is 6.05. The Morgan fingerprint density at radius 2 is 2.04 bits per heavy atom. The number of aromatic nitrogens is 1. The van der Waals surface area contributed by atoms with Crippen molar-refractivity contribution in [2.24, 2.45) is 5.92 Å². The molecule has 3 rings (SSSR count). The molecule has 1 atom stereocenters. The monoisotopic (exact) mass is 326 g/mol. The molecular formula is C19H22N2O3. The summed E-state index contributed by atoms with van der Waals surface area (Å²) < 4.78 is 5.37. The Kier molecular flexibility index (Phi) is 5.11. The maximum atomic E-state index is 12.7. The van der Waals surface area contributed by atoms with Gasteiger partial charge in [-0.15, -0.1) is 0 Å². The van der Waals surface area contributed by atoms with Gasteiger partial charge in [-0.05, 0) is 31.0 Å². The molecule has 1 aliphatic heterocycles. The molecule has 0 saturated carbocycles. The standard InChI is InChI=1S/C19H22N2O3/c1-2-21(12-14-10-11-24-13-14)19(23)16-8-9-17(20-18(16)22)15-6-4-3-5-7-15/h3-9,14H,2,10-13H2,1H3,(H,20,22)/t14-/m1/s1. The van der Waals surface area contributed by atoms with Gasteiger partial charge in [0.25, 0.3) is 11.5 Å². The van der Waals surface area contributed by atoms with Gasteiger partial charge in [0.05, 0.1) is 6.61 Å². The summed E-state index contributed by atoms with van der Waals surface area (Å²) in [6, 6.07) is 13.0. The number of carbonyl (C=O) groups is 1. The number of ether oxygens (including phenoxy) is 1. The first-order valence-electron chi connectivity index (χ1n) is 8.34. The molecule has 5 heteroatoms. The molecule has 1 N–H and O–H groups in total. The smallest absolute Gasteiger partial charge is 0.261 e. The van der Waals surface area contributed by atoms with E-state index in [4.69, 9.17) is 4.74 Å². The van der Waals surface area contributed by atoms with Gasteiger partial charge >= 0.3 is 0 Å². The van der Waals surface area contributed by atoms with E-state index < -0.39 is 0 Å². The number of nitrogens with zero attached hydrogens (tertiary/aromatic N) is 1. The Bertz CT molecular complexity index is 749. The third-order valence-electron chi connectivity index (χ3n) is 4.40. The molecule has 0 bridgehead atoms. The van der Waals surface area contributed by atoms with E-state index in [-0.39, 0.29) is 17.0 Å². The van der Waals surface area contributed by atoms with Crippen molar-refractivity contribution in [1.82, 2.24) is 9.88 Å². The number of carbonyl (C=O) groups excluding carboxylic acids is 1. The number of aromatic amines is 1. The zero-order valence-electron chi connectivity index (χ0n) is 13.8. The van der Waals surface area contributed by atoms with Gasteiger partial charge in [-0.25, -0.2) is 0 Å². The molecule has 0 spiro atoms. The molecule has 1 saturated heterocycles. The molecule has 1 fully saturated rings. The minimum atomic E-state index is -0.345. The molecule has 0 unspecified atom stereocenters. The van der Waals surface area contributed by atoms with Crippen molar-refractivity contribution in [3.05, 3.63) is 58.4 Å². The molecule has 24 heavy (non-hydrogen) atoms. The Morgan fingerprint density at radius 3 is 2.67 bits per heavy atom. The van der Waals surface area contributed by atoms with Crippen LogP contribution in [0.1, 0.15) is 23.7 Å². The third kappa shape index (κ3) is 3.57. The molecule has 1 aromatic heterocycles. The lowest BCUT2D eigenvalue weighted by molar-refractivity contribution is 0.0729. The van der Waals surface area contributed by atoms with E-state index in [1.807, 2.05) is 37.3 Å². The van der Waals surface area contributed by atoms with Crippen LogP contribution in [0.4, 0.5) is 0 Å². The highest BCUT2D eigenvalue weighted by Gasteiger charge is 2.23. The molecule has 1 aromatic carbocycles. The number of rotatable bonds is 5. The average molecular weight is 326 g/mol. The van der Waals surface area contributed by atoms with Crippen LogP contribution in [0.3, 0.4) is 0 Å². The lowest BCUT2D eigenvalue weighted by atomic mass is 10.1. The minimum absolute atomic E-state index is 0.190. The first-order chi connectivity index (χ1) is 11.7. The second kappa shape index (κ2) is 7.45. The highest BCUT2D eigenvalue weighted by molar-refractivity contribution is 5.94. The highest BCUT2D eigenvalue weighted by Crippen LogP contribution is 2.17. The Labute approximate surface area is 141 Å². The highest BCUT2D eigenvalue weighted by atomic mass is 16.5. The van der Waals surface area contributed by atoms with Crippen molar-refractivity contribution in [3.63, 3.8) is 0 Å². The normalized spacial score (nSPS) is 17.0. The van der Waals surface area contributed by atoms with Crippen LogP contribution in [0, 0.1) is 5.92 Å². The Hall–Kier alpha value is -2.40. The van der Waals surface area contributed by atoms with Gasteiger partial charge in [0.2, 0.25) is 0 Å². The summed E-state index contributed by atoms with van der Waals surface area (Å²) in [7, 11) is 0. The number of nitrogens with one attached hydrogen (secondary N) is 1. The van der Waals surface area contributed by atoms with E-state index in [2.05, 4.69) is 4.98 Å². The maximum Gasteiger partial charge on any atom is 0.261 e. The van der Waals surface area contributed by atoms with E-state index in [9.17, 15) is 9.59 Å². The van der Waals surface area contributed by atoms with Crippen LogP contribution in [-0.4, -0.2) is 42.1 Å². The molecule has 5 nitrogen and oxygen atoms in total. The molecule has 1 amide bonds. The van der Waals surface area contributed by atoms with Crippen LogP contribution in [0.5, 0.6) is 0 Å². The lowest BCUT2D eigenvalue weighted by Crippen LogP contribution is -2.38. The molecule has 2 aromatic rings. The number of hydrogen-bond donors (Lipinski definition) is 1. The fourth-order valence-electron chi connectivity index (χ4n) is 2.99. The molecule has 0 aliphatic carbocycles. The van der Waals surface area contributed by atoms with Gasteiger partial charge in [-0.3, -0.25) is 9.59 Å². The van der Waals surface area contributed by atoms with E-state index in [1.54, 1.807) is 17.0 Å². The van der Waals surface area contributed by atoms with Crippen LogP contribution in [0.15, 0.2) is 47.3 Å². The molecule has 2 heterocycles. The van der Waals surface area contributed by atoms with Gasteiger partial charge in [0.1, 0.15) is 5.56 Å². The average Bonchev–Trinajstić information content (AvgIpc) is 3.13. The van der Waals surface area contributed by atoms with E-state index in [1.165, 1.54) is 0 Å². The topological polar surface area (TPSA) is 62.4 Å². The van der Waals surface area contributed by atoms with E-state index in [0.717, 1.165) is 18.6 Å². The van der Waals surface area contributed by atoms with Gasteiger partial charge in [-0.1, -0.05) is 30.3 Å². The minimum Gasteiger partial charge on any atom is -0.381 e. The predicted octanol–water partition coefficient (Wildman–Crippen LogP) is 2.54. The van der Waals surface area contributed by atoms with Crippen LogP contribution in [-0.2, 0) is 4.74 Å². The number of amides is 1. The summed E-state index contributed by atoms with van der Waals surface area (Å²) in [4.78, 5) is 29.6. The Morgan fingerprint density at radius 1 is 1.25 bits per heavy atom. The molecule has 0 radical (unpaired) electrons. The molecule has 126 valence electrons. The number of pyridine rings is 1. The fraction of sp³-hybridized carbons (Fsp3) is 0.368. The maximum absolute atomic E-state index is 12.7. The van der Waals surface area contributed by atoms with Gasteiger partial charge in [0.15, 0.2) is 0 Å². The van der Waals surface area contributed by atoms with Crippen LogP contribution < -0.4 is 5.56 Å². The van der Waals surface area contributed by atoms with Crippen molar-refractivity contribution < 1.29 is 9.53 Å². The van der Waals surface area contributed by atoms with Crippen molar-refractivity contribution in [3.8, 4) is 11.3 Å². The summed E-state index contributed by atoms with van der Waals surface area (Å²) in [6.07, 6.45) is 0.965. The van der Waals surface area contributed by atoms with Crippen molar-refractivity contribution in [1.29, 1.82) is 0 Å². The first kappa shape index (κ1) is 16.5. The predicted molar refractivity (Wildman–Crippen MR) is 93.0 cm³/mol. The number of benzene rings is 1.